The lowest BCUT2D eigenvalue weighted by molar-refractivity contribution is 0.317. The van der Waals surface area contributed by atoms with Crippen molar-refractivity contribution in [3.63, 3.8) is 0 Å². The fraction of sp³-hybridized carbons (Fsp3) is 0.136. The third-order valence-corrected chi connectivity index (χ3v) is 5.05. The van der Waals surface area contributed by atoms with Crippen LogP contribution >= 0.6 is 11.3 Å². The van der Waals surface area contributed by atoms with E-state index in [1.807, 2.05) is 72.8 Å². The van der Waals surface area contributed by atoms with E-state index in [2.05, 4.69) is 17.0 Å². The SMILES string of the molecule is CCCOc1ccccc1/C=c1\sc2nc(/C=C/c3ccccc3)nn2c1=O. The van der Waals surface area contributed by atoms with Crippen LogP contribution in [0.3, 0.4) is 0 Å². The Morgan fingerprint density at radius 3 is 2.64 bits per heavy atom. The van der Waals surface area contributed by atoms with Crippen LogP contribution in [0.5, 0.6) is 5.75 Å². The topological polar surface area (TPSA) is 56.5 Å². The lowest BCUT2D eigenvalue weighted by Crippen LogP contribution is -2.23. The molecule has 0 aliphatic heterocycles. The van der Waals surface area contributed by atoms with Gasteiger partial charge in [0.1, 0.15) is 5.75 Å². The Kier molecular flexibility index (Phi) is 5.30. The largest absolute Gasteiger partial charge is 0.493 e. The molecule has 0 N–H and O–H groups in total. The van der Waals surface area contributed by atoms with Gasteiger partial charge in [-0.2, -0.15) is 9.50 Å². The predicted octanol–water partition coefficient (Wildman–Crippen LogP) is 3.66. The van der Waals surface area contributed by atoms with E-state index in [-0.39, 0.29) is 5.56 Å². The quantitative estimate of drug-likeness (QED) is 0.505. The monoisotopic (exact) mass is 389 g/mol. The van der Waals surface area contributed by atoms with Crippen LogP contribution in [0.2, 0.25) is 0 Å². The number of ether oxygens (including phenoxy) is 1. The first kappa shape index (κ1) is 18.1. The highest BCUT2D eigenvalue weighted by Crippen LogP contribution is 2.19. The number of nitrogens with zero attached hydrogens (tertiary/aromatic N) is 3. The minimum absolute atomic E-state index is 0.169. The molecule has 0 aliphatic carbocycles. The molecule has 4 aromatic rings. The molecule has 4 rings (SSSR count). The first-order valence-corrected chi connectivity index (χ1v) is 9.92. The predicted molar refractivity (Wildman–Crippen MR) is 114 cm³/mol. The van der Waals surface area contributed by atoms with Gasteiger partial charge in [-0.3, -0.25) is 4.79 Å². The first-order valence-electron chi connectivity index (χ1n) is 9.11. The van der Waals surface area contributed by atoms with Crippen LogP contribution in [0.1, 0.15) is 30.3 Å². The Morgan fingerprint density at radius 2 is 1.86 bits per heavy atom. The van der Waals surface area contributed by atoms with Crippen molar-refractivity contribution in [1.82, 2.24) is 14.6 Å². The summed E-state index contributed by atoms with van der Waals surface area (Å²) >= 11 is 1.33. The van der Waals surface area contributed by atoms with E-state index < -0.39 is 0 Å². The summed E-state index contributed by atoms with van der Waals surface area (Å²) in [7, 11) is 0. The number of aromatic nitrogens is 3. The Hall–Kier alpha value is -3.25. The normalized spacial score (nSPS) is 12.2. The number of fused-ring (bicyclic) bond motifs is 1. The molecule has 0 unspecified atom stereocenters. The highest BCUT2D eigenvalue weighted by molar-refractivity contribution is 7.15. The summed E-state index contributed by atoms with van der Waals surface area (Å²) in [4.78, 5) is 17.8. The van der Waals surface area contributed by atoms with Crippen LogP contribution < -0.4 is 14.8 Å². The fourth-order valence-electron chi connectivity index (χ4n) is 2.74. The van der Waals surface area contributed by atoms with Crippen LogP contribution in [0.15, 0.2) is 59.4 Å². The third-order valence-electron chi connectivity index (χ3n) is 4.09. The van der Waals surface area contributed by atoms with Gasteiger partial charge < -0.3 is 4.74 Å². The molecular weight excluding hydrogens is 370 g/mol. The van der Waals surface area contributed by atoms with E-state index in [0.717, 1.165) is 23.3 Å². The first-order chi connectivity index (χ1) is 13.7. The molecule has 0 bridgehead atoms. The highest BCUT2D eigenvalue weighted by Gasteiger charge is 2.09. The van der Waals surface area contributed by atoms with Gasteiger partial charge in [-0.25, -0.2) is 0 Å². The van der Waals surface area contributed by atoms with Gasteiger partial charge in [0, 0.05) is 5.56 Å². The van der Waals surface area contributed by atoms with Crippen molar-refractivity contribution in [2.24, 2.45) is 0 Å². The van der Waals surface area contributed by atoms with Crippen molar-refractivity contribution in [2.45, 2.75) is 13.3 Å². The number of hydrogen-bond donors (Lipinski definition) is 0. The molecule has 2 heterocycles. The Bertz CT molecular complexity index is 1230. The van der Waals surface area contributed by atoms with Crippen molar-refractivity contribution in [3.8, 4) is 5.75 Å². The maximum Gasteiger partial charge on any atom is 0.291 e. The smallest absolute Gasteiger partial charge is 0.291 e. The standard InChI is InChI=1S/C22H19N3O2S/c1-2-14-27-18-11-7-6-10-17(18)15-19-21(26)25-22(28-19)23-20(24-25)13-12-16-8-4-3-5-9-16/h3-13,15H,2,14H2,1H3/b13-12+,19-15-. The summed E-state index contributed by atoms with van der Waals surface area (Å²) < 4.78 is 7.71. The molecule has 2 aromatic carbocycles. The van der Waals surface area contributed by atoms with Crippen molar-refractivity contribution < 1.29 is 4.74 Å². The van der Waals surface area contributed by atoms with E-state index >= 15 is 0 Å². The zero-order chi connectivity index (χ0) is 19.3. The summed E-state index contributed by atoms with van der Waals surface area (Å²) in [6, 6.07) is 17.6. The molecule has 0 spiro atoms. The van der Waals surface area contributed by atoms with E-state index in [9.17, 15) is 4.79 Å². The molecule has 2 aromatic heterocycles. The number of hydrogen-bond acceptors (Lipinski definition) is 5. The average Bonchev–Trinajstić information content (AvgIpc) is 3.25. The second kappa shape index (κ2) is 8.19. The molecule has 6 heteroatoms. The Balaban J connectivity index is 1.67. The van der Waals surface area contributed by atoms with Crippen molar-refractivity contribution in [2.75, 3.05) is 6.61 Å². The molecule has 140 valence electrons. The molecular formula is C22H19N3O2S. The zero-order valence-corrected chi connectivity index (χ0v) is 16.2. The van der Waals surface area contributed by atoms with Gasteiger partial charge in [-0.15, -0.1) is 5.10 Å². The minimum Gasteiger partial charge on any atom is -0.493 e. The molecule has 0 radical (unpaired) electrons. The molecule has 0 aliphatic rings. The summed E-state index contributed by atoms with van der Waals surface area (Å²) in [5, 5.41) is 4.33. The van der Waals surface area contributed by atoms with Crippen LogP contribution in [-0.2, 0) is 0 Å². The average molecular weight is 389 g/mol. The Labute approximate surface area is 166 Å². The van der Waals surface area contributed by atoms with Crippen LogP contribution in [0.4, 0.5) is 0 Å². The van der Waals surface area contributed by atoms with Crippen molar-refractivity contribution in [1.29, 1.82) is 0 Å². The lowest BCUT2D eigenvalue weighted by Gasteiger charge is -2.07. The van der Waals surface area contributed by atoms with Crippen LogP contribution in [0, 0.1) is 0 Å². The molecule has 5 nitrogen and oxygen atoms in total. The Morgan fingerprint density at radius 1 is 1.07 bits per heavy atom. The number of rotatable bonds is 6. The molecule has 0 saturated carbocycles. The lowest BCUT2D eigenvalue weighted by atomic mass is 10.2. The number of thiazole rings is 1. The summed E-state index contributed by atoms with van der Waals surface area (Å²) in [5.41, 5.74) is 1.76. The third kappa shape index (κ3) is 3.87. The molecule has 0 fully saturated rings. The van der Waals surface area contributed by atoms with Gasteiger partial charge in [0.2, 0.25) is 4.96 Å². The number of benzene rings is 2. The van der Waals surface area contributed by atoms with Crippen LogP contribution in [-0.4, -0.2) is 21.2 Å². The van der Waals surface area contributed by atoms with Gasteiger partial charge >= 0.3 is 0 Å². The fourth-order valence-corrected chi connectivity index (χ4v) is 3.64. The summed E-state index contributed by atoms with van der Waals surface area (Å²) in [6.07, 6.45) is 6.51. The van der Waals surface area contributed by atoms with Crippen LogP contribution in [0.25, 0.3) is 23.2 Å². The second-order valence-corrected chi connectivity index (χ2v) is 7.22. The number of para-hydroxylation sites is 1. The summed E-state index contributed by atoms with van der Waals surface area (Å²) in [6.45, 7) is 2.70. The molecule has 28 heavy (non-hydrogen) atoms. The van der Waals surface area contributed by atoms with Crippen molar-refractivity contribution in [3.05, 3.63) is 86.4 Å². The molecule has 0 saturated heterocycles. The summed E-state index contributed by atoms with van der Waals surface area (Å²) in [5.74, 6) is 1.29. The second-order valence-electron chi connectivity index (χ2n) is 6.21. The molecule has 0 atom stereocenters. The van der Waals surface area contributed by atoms with E-state index in [4.69, 9.17) is 4.74 Å². The van der Waals surface area contributed by atoms with E-state index in [1.165, 1.54) is 15.9 Å². The van der Waals surface area contributed by atoms with Gasteiger partial charge in [-0.1, -0.05) is 72.9 Å². The van der Waals surface area contributed by atoms with Gasteiger partial charge in [0.05, 0.1) is 11.1 Å². The maximum atomic E-state index is 12.7. The minimum atomic E-state index is -0.169. The molecule has 0 amide bonds. The zero-order valence-electron chi connectivity index (χ0n) is 15.4. The van der Waals surface area contributed by atoms with Crippen molar-refractivity contribution >= 4 is 34.5 Å². The van der Waals surface area contributed by atoms with Gasteiger partial charge in [0.25, 0.3) is 5.56 Å². The maximum absolute atomic E-state index is 12.7. The highest BCUT2D eigenvalue weighted by atomic mass is 32.1. The van der Waals surface area contributed by atoms with Gasteiger partial charge in [0.15, 0.2) is 5.82 Å². The van der Waals surface area contributed by atoms with Gasteiger partial charge in [-0.05, 0) is 30.2 Å². The van der Waals surface area contributed by atoms with E-state index in [1.54, 1.807) is 0 Å². The van der Waals surface area contributed by atoms with E-state index in [0.29, 0.717) is 21.9 Å².